The van der Waals surface area contributed by atoms with Gasteiger partial charge in [-0.05, 0) is 17.7 Å². The number of hydrogen-bond acceptors (Lipinski definition) is 2. The lowest BCUT2D eigenvalue weighted by Gasteiger charge is -2.25. The standard InChI is InChI=1S/C16H14O2/c17-15-11-13(10-12-6-2-1-3-7-12)18-16-9-5-4-8-14(15)16/h1-9,13H,10-11H2/t13-/m1/s1. The molecule has 0 aliphatic carbocycles. The van der Waals surface area contributed by atoms with Crippen LogP contribution in [0.15, 0.2) is 54.6 Å². The van der Waals surface area contributed by atoms with Gasteiger partial charge >= 0.3 is 0 Å². The SMILES string of the molecule is O=C1C[C@@H](Cc2ccccc2)Oc2ccccc21. The first-order valence-electron chi connectivity index (χ1n) is 6.16. The maximum absolute atomic E-state index is 12.0. The van der Waals surface area contributed by atoms with Gasteiger partial charge in [-0.1, -0.05) is 42.5 Å². The number of fused-ring (bicyclic) bond motifs is 1. The van der Waals surface area contributed by atoms with E-state index in [2.05, 4.69) is 12.1 Å². The number of ether oxygens (including phenoxy) is 1. The van der Waals surface area contributed by atoms with Crippen molar-refractivity contribution in [3.8, 4) is 5.75 Å². The van der Waals surface area contributed by atoms with Gasteiger partial charge in [0.15, 0.2) is 5.78 Å². The summed E-state index contributed by atoms with van der Waals surface area (Å²) in [6.45, 7) is 0. The molecule has 2 nitrogen and oxygen atoms in total. The Bertz CT molecular complexity index is 560. The quantitative estimate of drug-likeness (QED) is 0.802. The van der Waals surface area contributed by atoms with Crippen LogP contribution in [0, 0.1) is 0 Å². The molecule has 0 fully saturated rings. The van der Waals surface area contributed by atoms with Gasteiger partial charge in [-0.2, -0.15) is 0 Å². The monoisotopic (exact) mass is 238 g/mol. The van der Waals surface area contributed by atoms with Crippen LogP contribution in [0.3, 0.4) is 0 Å². The maximum atomic E-state index is 12.0. The molecule has 2 aromatic carbocycles. The van der Waals surface area contributed by atoms with Crippen molar-refractivity contribution in [2.75, 3.05) is 0 Å². The molecule has 0 N–H and O–H groups in total. The molecule has 0 saturated heterocycles. The largest absolute Gasteiger partial charge is 0.489 e. The van der Waals surface area contributed by atoms with Crippen molar-refractivity contribution < 1.29 is 9.53 Å². The first-order valence-corrected chi connectivity index (χ1v) is 6.16. The molecular formula is C16H14O2. The summed E-state index contributed by atoms with van der Waals surface area (Å²) < 4.78 is 5.89. The third kappa shape index (κ3) is 2.14. The number of benzene rings is 2. The van der Waals surface area contributed by atoms with Crippen molar-refractivity contribution in [3.05, 3.63) is 65.7 Å². The molecule has 1 aliphatic heterocycles. The highest BCUT2D eigenvalue weighted by Crippen LogP contribution is 2.28. The zero-order valence-electron chi connectivity index (χ0n) is 10.0. The van der Waals surface area contributed by atoms with Crippen LogP contribution < -0.4 is 4.74 Å². The van der Waals surface area contributed by atoms with E-state index in [4.69, 9.17) is 4.74 Å². The van der Waals surface area contributed by atoms with E-state index >= 15 is 0 Å². The zero-order chi connectivity index (χ0) is 12.4. The minimum absolute atomic E-state index is 0.0465. The Morgan fingerprint density at radius 2 is 1.72 bits per heavy atom. The number of hydrogen-bond donors (Lipinski definition) is 0. The van der Waals surface area contributed by atoms with Crippen LogP contribution in [0.5, 0.6) is 5.75 Å². The second-order valence-corrected chi connectivity index (χ2v) is 4.55. The number of ketones is 1. The van der Waals surface area contributed by atoms with Crippen molar-refractivity contribution in [2.24, 2.45) is 0 Å². The molecule has 0 unspecified atom stereocenters. The number of rotatable bonds is 2. The van der Waals surface area contributed by atoms with E-state index in [0.717, 1.165) is 12.2 Å². The number of Topliss-reactive ketones (excluding diaryl/α,β-unsaturated/α-hetero) is 1. The summed E-state index contributed by atoms with van der Waals surface area (Å²) in [7, 11) is 0. The second-order valence-electron chi connectivity index (χ2n) is 4.55. The molecule has 1 atom stereocenters. The molecule has 2 aromatic rings. The molecule has 1 aliphatic rings. The fraction of sp³-hybridized carbons (Fsp3) is 0.188. The van der Waals surface area contributed by atoms with Gasteiger partial charge in [-0.25, -0.2) is 0 Å². The third-order valence-electron chi connectivity index (χ3n) is 3.20. The van der Waals surface area contributed by atoms with E-state index < -0.39 is 0 Å². The minimum Gasteiger partial charge on any atom is -0.489 e. The van der Waals surface area contributed by atoms with Gasteiger partial charge in [0.25, 0.3) is 0 Å². The summed E-state index contributed by atoms with van der Waals surface area (Å²) in [6.07, 6.45) is 1.20. The number of carbonyl (C=O) groups is 1. The van der Waals surface area contributed by atoms with E-state index in [0.29, 0.717) is 12.0 Å². The highest BCUT2D eigenvalue weighted by Gasteiger charge is 2.25. The maximum Gasteiger partial charge on any atom is 0.170 e. The Kier molecular flexibility index (Phi) is 2.85. The van der Waals surface area contributed by atoms with E-state index in [1.54, 1.807) is 0 Å². The molecule has 1 heterocycles. The van der Waals surface area contributed by atoms with Crippen LogP contribution in [0.1, 0.15) is 22.3 Å². The smallest absolute Gasteiger partial charge is 0.170 e. The fourth-order valence-corrected chi connectivity index (χ4v) is 2.33. The lowest BCUT2D eigenvalue weighted by Crippen LogP contribution is -2.28. The van der Waals surface area contributed by atoms with Crippen molar-refractivity contribution in [3.63, 3.8) is 0 Å². The van der Waals surface area contributed by atoms with Crippen LogP contribution in [0.25, 0.3) is 0 Å². The fourth-order valence-electron chi connectivity index (χ4n) is 2.33. The minimum atomic E-state index is -0.0465. The summed E-state index contributed by atoms with van der Waals surface area (Å²) in [5.74, 6) is 0.896. The Labute approximate surface area is 106 Å². The van der Waals surface area contributed by atoms with E-state index in [1.807, 2.05) is 42.5 Å². The van der Waals surface area contributed by atoms with Crippen LogP contribution >= 0.6 is 0 Å². The summed E-state index contributed by atoms with van der Waals surface area (Å²) >= 11 is 0. The van der Waals surface area contributed by atoms with E-state index in [-0.39, 0.29) is 11.9 Å². The third-order valence-corrected chi connectivity index (χ3v) is 3.20. The molecule has 3 rings (SSSR count). The molecule has 2 heteroatoms. The molecule has 0 saturated carbocycles. The molecule has 0 spiro atoms. The van der Waals surface area contributed by atoms with Crippen LogP contribution in [0.2, 0.25) is 0 Å². The Morgan fingerprint density at radius 3 is 2.56 bits per heavy atom. The first-order chi connectivity index (χ1) is 8.83. The van der Waals surface area contributed by atoms with Gasteiger partial charge in [0.05, 0.1) is 5.56 Å². The predicted octanol–water partition coefficient (Wildman–Crippen LogP) is 3.26. The average molecular weight is 238 g/mol. The molecule has 0 radical (unpaired) electrons. The summed E-state index contributed by atoms with van der Waals surface area (Å²) in [6, 6.07) is 17.6. The van der Waals surface area contributed by atoms with Gasteiger partial charge in [0.1, 0.15) is 11.9 Å². The molecule has 18 heavy (non-hydrogen) atoms. The Balaban J connectivity index is 1.80. The van der Waals surface area contributed by atoms with Crippen molar-refractivity contribution >= 4 is 5.78 Å². The van der Waals surface area contributed by atoms with Crippen LogP contribution in [-0.4, -0.2) is 11.9 Å². The molecule has 0 bridgehead atoms. The summed E-state index contributed by atoms with van der Waals surface area (Å²) in [5, 5.41) is 0. The highest BCUT2D eigenvalue weighted by atomic mass is 16.5. The topological polar surface area (TPSA) is 26.3 Å². The summed E-state index contributed by atoms with van der Waals surface area (Å²) in [5.41, 5.74) is 1.91. The van der Waals surface area contributed by atoms with E-state index in [1.165, 1.54) is 5.56 Å². The zero-order valence-corrected chi connectivity index (χ0v) is 10.0. The van der Waals surface area contributed by atoms with Gasteiger partial charge < -0.3 is 4.74 Å². The highest BCUT2D eigenvalue weighted by molar-refractivity contribution is 5.99. The predicted molar refractivity (Wildman–Crippen MR) is 70.0 cm³/mol. The Morgan fingerprint density at radius 1 is 1.00 bits per heavy atom. The van der Waals surface area contributed by atoms with Crippen molar-refractivity contribution in [1.82, 2.24) is 0 Å². The molecule has 0 aromatic heterocycles. The Hall–Kier alpha value is -2.09. The number of carbonyl (C=O) groups excluding carboxylic acids is 1. The van der Waals surface area contributed by atoms with Gasteiger partial charge in [0, 0.05) is 12.8 Å². The van der Waals surface area contributed by atoms with Crippen LogP contribution in [0.4, 0.5) is 0 Å². The van der Waals surface area contributed by atoms with Crippen molar-refractivity contribution in [1.29, 1.82) is 0 Å². The van der Waals surface area contributed by atoms with Gasteiger partial charge in [-0.3, -0.25) is 4.79 Å². The second kappa shape index (κ2) is 4.65. The van der Waals surface area contributed by atoms with Crippen LogP contribution in [-0.2, 0) is 6.42 Å². The first kappa shape index (κ1) is 11.0. The normalized spacial score (nSPS) is 18.0. The van der Waals surface area contributed by atoms with E-state index in [9.17, 15) is 4.79 Å². The lowest BCUT2D eigenvalue weighted by molar-refractivity contribution is 0.0851. The van der Waals surface area contributed by atoms with Crippen molar-refractivity contribution in [2.45, 2.75) is 18.9 Å². The number of para-hydroxylation sites is 1. The average Bonchev–Trinajstić information content (AvgIpc) is 2.40. The molecule has 0 amide bonds. The van der Waals surface area contributed by atoms with Gasteiger partial charge in [-0.15, -0.1) is 0 Å². The summed E-state index contributed by atoms with van der Waals surface area (Å²) in [4.78, 5) is 12.0. The molecular weight excluding hydrogens is 224 g/mol. The lowest BCUT2D eigenvalue weighted by atomic mass is 9.97. The molecule has 90 valence electrons. The van der Waals surface area contributed by atoms with Gasteiger partial charge in [0.2, 0.25) is 0 Å².